The highest BCUT2D eigenvalue weighted by Gasteiger charge is 2.06. The van der Waals surface area contributed by atoms with Crippen LogP contribution in [0.5, 0.6) is 5.75 Å². The van der Waals surface area contributed by atoms with Gasteiger partial charge in [-0.1, -0.05) is 6.07 Å². The van der Waals surface area contributed by atoms with Crippen molar-refractivity contribution in [2.75, 3.05) is 25.6 Å². The van der Waals surface area contributed by atoms with Crippen molar-refractivity contribution in [1.29, 1.82) is 0 Å². The van der Waals surface area contributed by atoms with Crippen molar-refractivity contribution in [3.63, 3.8) is 0 Å². The molecule has 0 saturated heterocycles. The molecule has 4 heteroatoms. The third-order valence-electron chi connectivity index (χ3n) is 3.09. The molecule has 4 nitrogen and oxygen atoms in total. The first-order valence-corrected chi connectivity index (χ1v) is 6.70. The first kappa shape index (κ1) is 14.5. The van der Waals surface area contributed by atoms with Gasteiger partial charge in [-0.15, -0.1) is 0 Å². The molecule has 0 spiro atoms. The molecule has 2 aromatic rings. The van der Waals surface area contributed by atoms with Gasteiger partial charge in [0.1, 0.15) is 18.1 Å². The molecule has 0 atom stereocenters. The molecule has 0 radical (unpaired) electrons. The third-order valence-corrected chi connectivity index (χ3v) is 3.09. The number of furan rings is 1. The summed E-state index contributed by atoms with van der Waals surface area (Å²) >= 11 is 0. The Morgan fingerprint density at radius 1 is 1.15 bits per heavy atom. The summed E-state index contributed by atoms with van der Waals surface area (Å²) in [5.41, 5.74) is 3.27. The van der Waals surface area contributed by atoms with Crippen molar-refractivity contribution in [1.82, 2.24) is 0 Å². The zero-order valence-electron chi connectivity index (χ0n) is 12.2. The van der Waals surface area contributed by atoms with E-state index in [1.807, 2.05) is 32.0 Å². The Morgan fingerprint density at radius 2 is 2.00 bits per heavy atom. The van der Waals surface area contributed by atoms with Crippen LogP contribution in [0.3, 0.4) is 0 Å². The summed E-state index contributed by atoms with van der Waals surface area (Å²) in [7, 11) is 1.67. The smallest absolute Gasteiger partial charge is 0.142 e. The summed E-state index contributed by atoms with van der Waals surface area (Å²) in [5.74, 6) is 1.78. The van der Waals surface area contributed by atoms with Gasteiger partial charge in [0.2, 0.25) is 0 Å². The molecule has 1 heterocycles. The number of anilines is 1. The monoisotopic (exact) mass is 275 g/mol. The number of hydrogen-bond acceptors (Lipinski definition) is 4. The van der Waals surface area contributed by atoms with Gasteiger partial charge in [-0.05, 0) is 43.2 Å². The average molecular weight is 275 g/mol. The van der Waals surface area contributed by atoms with Crippen molar-refractivity contribution in [3.8, 4) is 5.75 Å². The van der Waals surface area contributed by atoms with Crippen molar-refractivity contribution in [2.45, 2.75) is 20.4 Å². The number of ether oxygens (including phenoxy) is 2. The number of nitrogens with one attached hydrogen (secondary N) is 1. The lowest BCUT2D eigenvalue weighted by Crippen LogP contribution is -2.07. The minimum Gasteiger partial charge on any atom is -0.489 e. The molecular weight excluding hydrogens is 254 g/mol. The summed E-state index contributed by atoms with van der Waals surface area (Å²) in [5, 5.41) is 3.35. The molecule has 1 aromatic carbocycles. The lowest BCUT2D eigenvalue weighted by atomic mass is 10.2. The van der Waals surface area contributed by atoms with Gasteiger partial charge in [0, 0.05) is 7.11 Å². The maximum absolute atomic E-state index is 5.74. The van der Waals surface area contributed by atoms with Crippen LogP contribution in [-0.4, -0.2) is 20.3 Å². The van der Waals surface area contributed by atoms with E-state index in [0.717, 1.165) is 28.3 Å². The first-order valence-electron chi connectivity index (χ1n) is 6.70. The van der Waals surface area contributed by atoms with Crippen LogP contribution in [0.25, 0.3) is 0 Å². The van der Waals surface area contributed by atoms with Crippen molar-refractivity contribution in [2.24, 2.45) is 0 Å². The van der Waals surface area contributed by atoms with Crippen molar-refractivity contribution < 1.29 is 13.9 Å². The second-order valence-corrected chi connectivity index (χ2v) is 4.72. The summed E-state index contributed by atoms with van der Waals surface area (Å²) in [4.78, 5) is 0. The average Bonchev–Trinajstić information content (AvgIpc) is 2.84. The first-order chi connectivity index (χ1) is 9.70. The number of aryl methyl sites for hydroxylation is 2. The van der Waals surface area contributed by atoms with E-state index in [4.69, 9.17) is 13.9 Å². The van der Waals surface area contributed by atoms with Crippen LogP contribution < -0.4 is 10.1 Å². The molecule has 0 bridgehead atoms. The van der Waals surface area contributed by atoms with E-state index in [2.05, 4.69) is 11.4 Å². The zero-order chi connectivity index (χ0) is 14.4. The number of rotatable bonds is 7. The molecule has 0 amide bonds. The summed E-state index contributed by atoms with van der Waals surface area (Å²) in [6.07, 6.45) is 1.71. The topological polar surface area (TPSA) is 43.6 Å². The van der Waals surface area contributed by atoms with Gasteiger partial charge in [0.15, 0.2) is 0 Å². The van der Waals surface area contributed by atoms with Crippen LogP contribution in [0.15, 0.2) is 34.9 Å². The largest absolute Gasteiger partial charge is 0.489 e. The predicted octanol–water partition coefficient (Wildman–Crippen LogP) is 3.53. The zero-order valence-corrected chi connectivity index (χ0v) is 12.2. The van der Waals surface area contributed by atoms with E-state index in [1.54, 1.807) is 13.4 Å². The Kier molecular flexibility index (Phi) is 5.07. The van der Waals surface area contributed by atoms with Crippen molar-refractivity contribution in [3.05, 3.63) is 47.4 Å². The molecule has 0 unspecified atom stereocenters. The van der Waals surface area contributed by atoms with Crippen LogP contribution in [0, 0.1) is 13.8 Å². The summed E-state index contributed by atoms with van der Waals surface area (Å²) in [6, 6.07) is 8.06. The van der Waals surface area contributed by atoms with E-state index in [-0.39, 0.29) is 0 Å². The molecule has 1 aromatic heterocycles. The van der Waals surface area contributed by atoms with E-state index < -0.39 is 0 Å². The Morgan fingerprint density at radius 3 is 2.70 bits per heavy atom. The molecule has 20 heavy (non-hydrogen) atoms. The lowest BCUT2D eigenvalue weighted by Gasteiger charge is -2.13. The minimum atomic E-state index is 0.536. The molecule has 2 rings (SSSR count). The highest BCUT2D eigenvalue weighted by molar-refractivity contribution is 5.57. The van der Waals surface area contributed by atoms with Crippen LogP contribution in [0.4, 0.5) is 5.69 Å². The normalized spacial score (nSPS) is 10.6. The highest BCUT2D eigenvalue weighted by atomic mass is 16.5. The number of hydrogen-bond donors (Lipinski definition) is 1. The fourth-order valence-electron chi connectivity index (χ4n) is 1.89. The SMILES string of the molecule is COCCOc1cc(C)ccc1NCc1occc1C. The van der Waals surface area contributed by atoms with Crippen LogP contribution in [0.1, 0.15) is 16.9 Å². The van der Waals surface area contributed by atoms with Crippen LogP contribution in [0.2, 0.25) is 0 Å². The second-order valence-electron chi connectivity index (χ2n) is 4.72. The molecule has 0 saturated carbocycles. The number of benzene rings is 1. The van der Waals surface area contributed by atoms with Gasteiger partial charge in [-0.3, -0.25) is 0 Å². The highest BCUT2D eigenvalue weighted by Crippen LogP contribution is 2.26. The Balaban J connectivity index is 2.04. The van der Waals surface area contributed by atoms with Crippen LogP contribution in [-0.2, 0) is 11.3 Å². The van der Waals surface area contributed by atoms with Gasteiger partial charge in [0.05, 0.1) is 25.1 Å². The predicted molar refractivity (Wildman–Crippen MR) is 79.3 cm³/mol. The van der Waals surface area contributed by atoms with E-state index in [9.17, 15) is 0 Å². The van der Waals surface area contributed by atoms with Gasteiger partial charge in [0.25, 0.3) is 0 Å². The minimum absolute atomic E-state index is 0.536. The van der Waals surface area contributed by atoms with E-state index in [1.165, 1.54) is 0 Å². The molecule has 0 aliphatic rings. The summed E-state index contributed by atoms with van der Waals surface area (Å²) < 4.78 is 16.2. The Labute approximate surface area is 119 Å². The standard InChI is InChI=1S/C16H21NO3/c1-12-4-5-14(15(10-12)20-9-8-18-3)17-11-16-13(2)6-7-19-16/h4-7,10,17H,8-9,11H2,1-3H3. The fraction of sp³-hybridized carbons (Fsp3) is 0.375. The van der Waals surface area contributed by atoms with E-state index in [0.29, 0.717) is 19.8 Å². The van der Waals surface area contributed by atoms with Gasteiger partial charge in [-0.2, -0.15) is 0 Å². The molecular formula is C16H21NO3. The van der Waals surface area contributed by atoms with Crippen molar-refractivity contribution >= 4 is 5.69 Å². The molecule has 108 valence electrons. The van der Waals surface area contributed by atoms with Gasteiger partial charge >= 0.3 is 0 Å². The Hall–Kier alpha value is -1.94. The maximum Gasteiger partial charge on any atom is 0.142 e. The lowest BCUT2D eigenvalue weighted by molar-refractivity contribution is 0.146. The molecule has 1 N–H and O–H groups in total. The molecule has 0 aliphatic carbocycles. The second kappa shape index (κ2) is 7.01. The van der Waals surface area contributed by atoms with Gasteiger partial charge < -0.3 is 19.2 Å². The van der Waals surface area contributed by atoms with Crippen LogP contribution >= 0.6 is 0 Å². The maximum atomic E-state index is 5.74. The van der Waals surface area contributed by atoms with E-state index >= 15 is 0 Å². The van der Waals surface area contributed by atoms with Gasteiger partial charge in [-0.25, -0.2) is 0 Å². The fourth-order valence-corrected chi connectivity index (χ4v) is 1.89. The molecule has 0 aliphatic heterocycles. The summed E-state index contributed by atoms with van der Waals surface area (Å²) in [6.45, 7) is 5.83. The Bertz CT molecular complexity index is 548. The number of methoxy groups -OCH3 is 1. The third kappa shape index (κ3) is 3.78. The molecule has 0 fully saturated rings. The quantitative estimate of drug-likeness (QED) is 0.785.